The van der Waals surface area contributed by atoms with Gasteiger partial charge in [0.1, 0.15) is 0 Å². The summed E-state index contributed by atoms with van der Waals surface area (Å²) >= 11 is 0. The zero-order chi connectivity index (χ0) is 10.1. The van der Waals surface area contributed by atoms with E-state index in [1.54, 1.807) is 6.08 Å². The number of aliphatic hydroxyl groups is 1. The minimum absolute atomic E-state index is 0.285. The third-order valence-electron chi connectivity index (χ3n) is 1.54. The van der Waals surface area contributed by atoms with Gasteiger partial charge in [0.2, 0.25) is 0 Å². The molecule has 0 saturated carbocycles. The van der Waals surface area contributed by atoms with Crippen LogP contribution in [-0.2, 0) is 9.53 Å². The summed E-state index contributed by atoms with van der Waals surface area (Å²) in [5.41, 5.74) is 0. The Morgan fingerprint density at radius 1 is 1.54 bits per heavy atom. The Balaban J connectivity index is 3.15. The first-order valence-corrected chi connectivity index (χ1v) is 4.28. The SMILES string of the molecule is C=CCOCCCCC(O)C(=O)O. The van der Waals surface area contributed by atoms with E-state index in [1.807, 2.05) is 0 Å². The van der Waals surface area contributed by atoms with Crippen LogP contribution in [0.25, 0.3) is 0 Å². The molecule has 76 valence electrons. The minimum atomic E-state index is -1.24. The molecule has 1 unspecified atom stereocenters. The van der Waals surface area contributed by atoms with Gasteiger partial charge >= 0.3 is 5.97 Å². The van der Waals surface area contributed by atoms with Crippen LogP contribution in [0.3, 0.4) is 0 Å². The second-order valence-corrected chi connectivity index (χ2v) is 2.71. The van der Waals surface area contributed by atoms with Gasteiger partial charge in [0.05, 0.1) is 6.61 Å². The minimum Gasteiger partial charge on any atom is -0.479 e. The number of rotatable bonds is 8. The topological polar surface area (TPSA) is 66.8 Å². The van der Waals surface area contributed by atoms with Crippen LogP contribution >= 0.6 is 0 Å². The molecule has 1 atom stereocenters. The van der Waals surface area contributed by atoms with Crippen molar-refractivity contribution in [1.29, 1.82) is 0 Å². The van der Waals surface area contributed by atoms with Crippen molar-refractivity contribution in [3.63, 3.8) is 0 Å². The van der Waals surface area contributed by atoms with Crippen LogP contribution in [-0.4, -0.2) is 35.5 Å². The molecule has 0 radical (unpaired) electrons. The fourth-order valence-corrected chi connectivity index (χ4v) is 0.832. The van der Waals surface area contributed by atoms with E-state index in [1.165, 1.54) is 0 Å². The molecule has 0 aliphatic carbocycles. The first-order chi connectivity index (χ1) is 6.18. The van der Waals surface area contributed by atoms with Gasteiger partial charge in [0.15, 0.2) is 6.10 Å². The maximum Gasteiger partial charge on any atom is 0.332 e. The third-order valence-corrected chi connectivity index (χ3v) is 1.54. The zero-order valence-corrected chi connectivity index (χ0v) is 7.61. The Hall–Kier alpha value is -0.870. The summed E-state index contributed by atoms with van der Waals surface area (Å²) in [4.78, 5) is 10.2. The van der Waals surface area contributed by atoms with Crippen LogP contribution in [0, 0.1) is 0 Å². The molecule has 0 aromatic carbocycles. The molecule has 0 heterocycles. The summed E-state index contributed by atoms with van der Waals surface area (Å²) in [7, 11) is 0. The second kappa shape index (κ2) is 7.76. The first-order valence-electron chi connectivity index (χ1n) is 4.28. The number of unbranched alkanes of at least 4 members (excludes halogenated alkanes) is 1. The molecule has 4 nitrogen and oxygen atoms in total. The fourth-order valence-electron chi connectivity index (χ4n) is 0.832. The predicted octanol–water partition coefficient (Wildman–Crippen LogP) is 0.805. The van der Waals surface area contributed by atoms with E-state index in [-0.39, 0.29) is 6.42 Å². The fraction of sp³-hybridized carbons (Fsp3) is 0.667. The van der Waals surface area contributed by atoms with Crippen molar-refractivity contribution in [2.24, 2.45) is 0 Å². The Morgan fingerprint density at radius 3 is 2.77 bits per heavy atom. The van der Waals surface area contributed by atoms with Gasteiger partial charge < -0.3 is 14.9 Å². The van der Waals surface area contributed by atoms with E-state index in [2.05, 4.69) is 6.58 Å². The largest absolute Gasteiger partial charge is 0.479 e. The van der Waals surface area contributed by atoms with Gasteiger partial charge in [-0.1, -0.05) is 6.08 Å². The number of carboxylic acids is 1. The van der Waals surface area contributed by atoms with Gasteiger partial charge in [-0.3, -0.25) is 0 Å². The molecule has 13 heavy (non-hydrogen) atoms. The lowest BCUT2D eigenvalue weighted by Crippen LogP contribution is -2.19. The van der Waals surface area contributed by atoms with E-state index in [9.17, 15) is 4.79 Å². The van der Waals surface area contributed by atoms with Crippen molar-refractivity contribution in [2.75, 3.05) is 13.2 Å². The van der Waals surface area contributed by atoms with Crippen molar-refractivity contribution in [2.45, 2.75) is 25.4 Å². The summed E-state index contributed by atoms with van der Waals surface area (Å²) < 4.78 is 5.08. The summed E-state index contributed by atoms with van der Waals surface area (Å²) in [5.74, 6) is -1.16. The molecule has 4 heteroatoms. The Labute approximate surface area is 77.8 Å². The summed E-state index contributed by atoms with van der Waals surface area (Å²) in [6, 6.07) is 0. The van der Waals surface area contributed by atoms with Gasteiger partial charge in [-0.05, 0) is 19.3 Å². The molecular formula is C9H16O4. The number of hydrogen-bond acceptors (Lipinski definition) is 3. The Bertz CT molecular complexity index is 156. The molecule has 0 fully saturated rings. The average Bonchev–Trinajstić information content (AvgIpc) is 2.10. The Kier molecular flexibility index (Phi) is 7.24. The lowest BCUT2D eigenvalue weighted by Gasteiger charge is -2.04. The lowest BCUT2D eigenvalue weighted by molar-refractivity contribution is -0.147. The summed E-state index contributed by atoms with van der Waals surface area (Å²) in [6.45, 7) is 4.58. The van der Waals surface area contributed by atoms with Crippen LogP contribution in [0.4, 0.5) is 0 Å². The summed E-state index contributed by atoms with van der Waals surface area (Å²) in [5, 5.41) is 17.2. The number of ether oxygens (including phenoxy) is 1. The second-order valence-electron chi connectivity index (χ2n) is 2.71. The van der Waals surface area contributed by atoms with Crippen molar-refractivity contribution in [3.8, 4) is 0 Å². The molecule has 0 bridgehead atoms. The smallest absolute Gasteiger partial charge is 0.332 e. The van der Waals surface area contributed by atoms with E-state index >= 15 is 0 Å². The third kappa shape index (κ3) is 7.49. The average molecular weight is 188 g/mol. The molecule has 0 aliphatic heterocycles. The van der Waals surface area contributed by atoms with Crippen LogP contribution in [0.15, 0.2) is 12.7 Å². The molecule has 0 rings (SSSR count). The molecule has 0 aromatic heterocycles. The van der Waals surface area contributed by atoms with Gasteiger partial charge in [0, 0.05) is 6.61 Å². The van der Waals surface area contributed by atoms with Gasteiger partial charge in [0.25, 0.3) is 0 Å². The summed E-state index contributed by atoms with van der Waals surface area (Å²) in [6.07, 6.45) is 2.13. The van der Waals surface area contributed by atoms with Crippen LogP contribution in [0.1, 0.15) is 19.3 Å². The van der Waals surface area contributed by atoms with Crippen molar-refractivity contribution < 1.29 is 19.7 Å². The van der Waals surface area contributed by atoms with Crippen LogP contribution < -0.4 is 0 Å². The van der Waals surface area contributed by atoms with Crippen molar-refractivity contribution in [3.05, 3.63) is 12.7 Å². The molecule has 0 saturated heterocycles. The van der Waals surface area contributed by atoms with E-state index in [4.69, 9.17) is 14.9 Å². The quantitative estimate of drug-likeness (QED) is 0.437. The maximum atomic E-state index is 10.2. The maximum absolute atomic E-state index is 10.2. The lowest BCUT2D eigenvalue weighted by atomic mass is 10.1. The number of carboxylic acid groups (broad SMARTS) is 1. The number of hydrogen-bond donors (Lipinski definition) is 2. The highest BCUT2D eigenvalue weighted by atomic mass is 16.5. The van der Waals surface area contributed by atoms with Crippen molar-refractivity contribution in [1.82, 2.24) is 0 Å². The molecular weight excluding hydrogens is 172 g/mol. The van der Waals surface area contributed by atoms with E-state index in [0.717, 1.165) is 6.42 Å². The zero-order valence-electron chi connectivity index (χ0n) is 7.61. The van der Waals surface area contributed by atoms with Crippen molar-refractivity contribution >= 4 is 5.97 Å². The van der Waals surface area contributed by atoms with Crippen LogP contribution in [0.2, 0.25) is 0 Å². The Morgan fingerprint density at radius 2 is 2.23 bits per heavy atom. The van der Waals surface area contributed by atoms with Gasteiger partial charge in [-0.2, -0.15) is 0 Å². The predicted molar refractivity (Wildman–Crippen MR) is 48.5 cm³/mol. The normalized spacial score (nSPS) is 12.4. The first kappa shape index (κ1) is 12.1. The molecule has 0 spiro atoms. The highest BCUT2D eigenvalue weighted by Gasteiger charge is 2.11. The van der Waals surface area contributed by atoms with E-state index in [0.29, 0.717) is 19.6 Å². The van der Waals surface area contributed by atoms with Crippen LogP contribution in [0.5, 0.6) is 0 Å². The highest BCUT2D eigenvalue weighted by molar-refractivity contribution is 5.71. The number of aliphatic carboxylic acids is 1. The molecule has 0 aromatic rings. The number of aliphatic hydroxyl groups excluding tert-OH is 1. The van der Waals surface area contributed by atoms with Gasteiger partial charge in [-0.25, -0.2) is 4.79 Å². The highest BCUT2D eigenvalue weighted by Crippen LogP contribution is 2.01. The molecule has 0 aliphatic rings. The molecule has 0 amide bonds. The molecule has 2 N–H and O–H groups in total. The number of carbonyl (C=O) groups is 1. The monoisotopic (exact) mass is 188 g/mol. The van der Waals surface area contributed by atoms with E-state index < -0.39 is 12.1 Å². The standard InChI is InChI=1S/C9H16O4/c1-2-6-13-7-4-3-5-8(10)9(11)12/h2,8,10H,1,3-7H2,(H,11,12). The van der Waals surface area contributed by atoms with Gasteiger partial charge in [-0.15, -0.1) is 6.58 Å².